The van der Waals surface area contributed by atoms with E-state index in [4.69, 9.17) is 26.7 Å². The molecule has 9 rings (SSSR count). The number of amides is 4. The minimum Gasteiger partial charge on any atom is -0.490 e. The van der Waals surface area contributed by atoms with E-state index in [9.17, 15) is 14.4 Å². The molecule has 4 amide bonds. The van der Waals surface area contributed by atoms with Crippen molar-refractivity contribution in [1.29, 1.82) is 5.26 Å². The van der Waals surface area contributed by atoms with E-state index in [0.29, 0.717) is 52.4 Å². The lowest BCUT2D eigenvalue weighted by molar-refractivity contribution is -0.120. The summed E-state index contributed by atoms with van der Waals surface area (Å²) in [4.78, 5) is 43.9. The van der Waals surface area contributed by atoms with Gasteiger partial charge in [-0.25, -0.2) is 4.79 Å². The molecular formula is C43H49ClN10O4. The van der Waals surface area contributed by atoms with Crippen LogP contribution >= 0.6 is 11.6 Å². The number of hydrogen-bond acceptors (Lipinski definition) is 10. The van der Waals surface area contributed by atoms with Gasteiger partial charge in [0, 0.05) is 68.6 Å². The molecule has 0 unspecified atom stereocenters. The SMILES string of the molecule is N#Cc1ccc(O[C@H]2CC[C@H](NC(=O)c3ccc(N4CC5(CCC(CN6CCC(n7ncc8c(N9CCC(=O)NC9=O)cccc87)CC6)CC5)C4)nn3)CC2)cc1Cl. The van der Waals surface area contributed by atoms with Crippen LogP contribution in [0.5, 0.6) is 5.75 Å². The highest BCUT2D eigenvalue weighted by molar-refractivity contribution is 6.31. The third-order valence-corrected chi connectivity index (χ3v) is 13.5. The number of imide groups is 1. The largest absolute Gasteiger partial charge is 0.490 e. The number of hydrogen-bond donors (Lipinski definition) is 2. The fourth-order valence-corrected chi connectivity index (χ4v) is 10.1. The molecule has 4 aromatic rings. The van der Waals surface area contributed by atoms with Gasteiger partial charge < -0.3 is 19.9 Å². The maximum Gasteiger partial charge on any atom is 0.328 e. The Kier molecular flexibility index (Phi) is 10.7. The summed E-state index contributed by atoms with van der Waals surface area (Å²) in [5.41, 5.74) is 2.94. The van der Waals surface area contributed by atoms with Gasteiger partial charge in [-0.2, -0.15) is 10.4 Å². The number of carbonyl (C=O) groups excluding carboxylic acids is 3. The lowest BCUT2D eigenvalue weighted by atomic mass is 9.66. The third-order valence-electron chi connectivity index (χ3n) is 13.2. The first kappa shape index (κ1) is 38.3. The van der Waals surface area contributed by atoms with Crippen molar-refractivity contribution < 1.29 is 19.1 Å². The van der Waals surface area contributed by atoms with Crippen LogP contribution in [0, 0.1) is 22.7 Å². The summed E-state index contributed by atoms with van der Waals surface area (Å²) in [6, 6.07) is 16.9. The van der Waals surface area contributed by atoms with Crippen LogP contribution in [-0.4, -0.2) is 94.1 Å². The van der Waals surface area contributed by atoms with Gasteiger partial charge in [0.1, 0.15) is 11.8 Å². The van der Waals surface area contributed by atoms with Crippen molar-refractivity contribution in [2.75, 3.05) is 49.1 Å². The molecular weight excluding hydrogens is 756 g/mol. The number of ether oxygens (including phenoxy) is 1. The Balaban J connectivity index is 0.690. The van der Waals surface area contributed by atoms with Crippen molar-refractivity contribution in [2.24, 2.45) is 11.3 Å². The molecule has 14 nitrogen and oxygen atoms in total. The molecule has 5 fully saturated rings. The van der Waals surface area contributed by atoms with Gasteiger partial charge in [0.2, 0.25) is 5.91 Å². The molecule has 0 radical (unpaired) electrons. The molecule has 1 spiro atoms. The lowest BCUT2D eigenvalue weighted by Gasteiger charge is -2.54. The Morgan fingerprint density at radius 2 is 1.76 bits per heavy atom. The first-order valence-corrected chi connectivity index (χ1v) is 21.2. The molecule has 3 saturated heterocycles. The van der Waals surface area contributed by atoms with Crippen LogP contribution < -0.4 is 25.2 Å². The molecule has 2 aromatic heterocycles. The van der Waals surface area contributed by atoms with Crippen molar-refractivity contribution in [3.8, 4) is 11.8 Å². The zero-order valence-corrected chi connectivity index (χ0v) is 33.4. The number of piperidine rings is 1. The Labute approximate surface area is 342 Å². The molecule has 0 bridgehead atoms. The molecule has 58 heavy (non-hydrogen) atoms. The number of carbonyl (C=O) groups is 3. The predicted molar refractivity (Wildman–Crippen MR) is 219 cm³/mol. The molecule has 5 aliphatic rings. The molecule has 2 N–H and O–H groups in total. The van der Waals surface area contributed by atoms with Crippen LogP contribution in [0.15, 0.2) is 54.7 Å². The number of nitriles is 1. The van der Waals surface area contributed by atoms with E-state index in [0.717, 1.165) is 93.7 Å². The molecule has 15 heteroatoms. The van der Waals surface area contributed by atoms with Crippen molar-refractivity contribution in [2.45, 2.75) is 88.8 Å². The van der Waals surface area contributed by atoms with Crippen LogP contribution in [0.25, 0.3) is 10.9 Å². The van der Waals surface area contributed by atoms with E-state index < -0.39 is 0 Å². The third kappa shape index (κ3) is 7.94. The summed E-state index contributed by atoms with van der Waals surface area (Å²) in [7, 11) is 0. The van der Waals surface area contributed by atoms with Crippen molar-refractivity contribution in [3.05, 3.63) is 71.0 Å². The fourth-order valence-electron chi connectivity index (χ4n) is 9.85. The minimum atomic E-state index is -0.372. The fraction of sp³-hybridized carbons (Fsp3) is 0.512. The maximum atomic E-state index is 13.0. The van der Waals surface area contributed by atoms with Crippen LogP contribution in [0.2, 0.25) is 5.02 Å². The standard InChI is InChI=1S/C43H49ClN10O4/c44-35-22-33(7-4-29(35)23-45)58-32-8-5-30(6-9-32)47-41(56)36-10-11-39(50-49-36)52-26-43(27-52)17-12-28(13-18-43)25-51-19-14-31(15-20-51)54-38-3-1-2-37(34(38)24-46-54)53-21-16-40(55)48-42(53)57/h1-4,7,10-11,22,24,28,30-32H,5-6,8-9,12-21,25-27H2,(H,47,56)(H,48,55,57)/t30-,32-. The topological polar surface area (TPSA) is 162 Å². The summed E-state index contributed by atoms with van der Waals surface area (Å²) in [5.74, 6) is 1.78. The van der Waals surface area contributed by atoms with Crippen molar-refractivity contribution in [1.82, 2.24) is 35.5 Å². The zero-order chi connectivity index (χ0) is 39.8. The van der Waals surface area contributed by atoms with E-state index in [1.54, 1.807) is 29.2 Å². The monoisotopic (exact) mass is 804 g/mol. The van der Waals surface area contributed by atoms with Gasteiger partial charge in [-0.3, -0.25) is 24.5 Å². The van der Waals surface area contributed by atoms with Crippen molar-refractivity contribution in [3.63, 3.8) is 0 Å². The maximum absolute atomic E-state index is 13.0. The van der Waals surface area contributed by atoms with Gasteiger partial charge >= 0.3 is 6.03 Å². The second-order valence-electron chi connectivity index (χ2n) is 17.0. The zero-order valence-electron chi connectivity index (χ0n) is 32.6. The summed E-state index contributed by atoms with van der Waals surface area (Å²) in [6.45, 7) is 5.61. The Bertz CT molecular complexity index is 2210. The van der Waals surface area contributed by atoms with Gasteiger partial charge in [-0.1, -0.05) is 17.7 Å². The van der Waals surface area contributed by atoms with E-state index in [-0.39, 0.29) is 30.0 Å². The second kappa shape index (κ2) is 16.2. The van der Waals surface area contributed by atoms with E-state index in [1.807, 2.05) is 24.4 Å². The number of nitrogens with one attached hydrogen (secondary N) is 2. The average molecular weight is 805 g/mol. The molecule has 2 aromatic carbocycles. The number of benzene rings is 2. The van der Waals surface area contributed by atoms with Gasteiger partial charge in [0.25, 0.3) is 5.91 Å². The first-order chi connectivity index (χ1) is 28.2. The highest BCUT2D eigenvalue weighted by Gasteiger charge is 2.46. The van der Waals surface area contributed by atoms with E-state index >= 15 is 0 Å². The first-order valence-electron chi connectivity index (χ1n) is 20.8. The van der Waals surface area contributed by atoms with Crippen LogP contribution in [0.3, 0.4) is 0 Å². The van der Waals surface area contributed by atoms with Gasteiger partial charge in [0.15, 0.2) is 11.5 Å². The Morgan fingerprint density at radius 1 is 0.966 bits per heavy atom. The van der Waals surface area contributed by atoms with Crippen LogP contribution in [0.1, 0.15) is 92.7 Å². The predicted octanol–water partition coefficient (Wildman–Crippen LogP) is 6.25. The quantitative estimate of drug-likeness (QED) is 0.198. The summed E-state index contributed by atoms with van der Waals surface area (Å²) in [5, 5.41) is 29.6. The van der Waals surface area contributed by atoms with E-state index in [1.165, 1.54) is 25.7 Å². The summed E-state index contributed by atoms with van der Waals surface area (Å²) >= 11 is 6.16. The second-order valence-corrected chi connectivity index (χ2v) is 17.4. The van der Waals surface area contributed by atoms with Gasteiger partial charge in [-0.05, 0) is 107 Å². The number of aromatic nitrogens is 4. The molecule has 3 aliphatic heterocycles. The highest BCUT2D eigenvalue weighted by atomic mass is 35.5. The smallest absolute Gasteiger partial charge is 0.328 e. The highest BCUT2D eigenvalue weighted by Crippen LogP contribution is 2.47. The minimum absolute atomic E-state index is 0.0380. The van der Waals surface area contributed by atoms with Gasteiger partial charge in [-0.15, -0.1) is 10.2 Å². The van der Waals surface area contributed by atoms with Gasteiger partial charge in [0.05, 0.1) is 40.1 Å². The number of rotatable bonds is 9. The number of urea groups is 1. The number of fused-ring (bicyclic) bond motifs is 1. The van der Waals surface area contributed by atoms with E-state index in [2.05, 4.69) is 47.4 Å². The molecule has 2 aliphatic carbocycles. The molecule has 5 heterocycles. The summed E-state index contributed by atoms with van der Waals surface area (Å²) < 4.78 is 8.24. The summed E-state index contributed by atoms with van der Waals surface area (Å²) in [6.07, 6.45) is 12.5. The normalized spacial score (nSPS) is 23.0. The molecule has 302 valence electrons. The Morgan fingerprint density at radius 3 is 2.47 bits per heavy atom. The average Bonchev–Trinajstić information content (AvgIpc) is 3.66. The van der Waals surface area contributed by atoms with Crippen LogP contribution in [0.4, 0.5) is 16.3 Å². The lowest BCUT2D eigenvalue weighted by Crippen LogP contribution is -2.58. The van der Waals surface area contributed by atoms with Crippen molar-refractivity contribution >= 4 is 51.9 Å². The molecule has 0 atom stereocenters. The van der Waals surface area contributed by atoms with Crippen LogP contribution in [-0.2, 0) is 4.79 Å². The number of likely N-dealkylation sites (tertiary alicyclic amines) is 1. The number of halogens is 1. The number of nitrogens with zero attached hydrogens (tertiary/aromatic N) is 8. The molecule has 2 saturated carbocycles. The number of anilines is 2. The Hall–Kier alpha value is -5.26.